The number of nitrogens with zero attached hydrogens (tertiary/aromatic N) is 4. The fourth-order valence-electron chi connectivity index (χ4n) is 1.68. The molecule has 0 aliphatic rings. The van der Waals surface area contributed by atoms with Crippen molar-refractivity contribution in [1.29, 1.82) is 0 Å². The standard InChI is InChI=1S/C13H16ClN5O2/c1-8(2)21-9-4-5-10(11(14)6-9)13(20)15-7-12-16-17-18-19(12)3/h4-6,8H,7H2,1-3H3,(H,15,20). The molecule has 1 aromatic carbocycles. The smallest absolute Gasteiger partial charge is 0.253 e. The van der Waals surface area contributed by atoms with Crippen molar-refractivity contribution in [2.45, 2.75) is 26.5 Å². The zero-order valence-electron chi connectivity index (χ0n) is 12.0. The highest BCUT2D eigenvalue weighted by atomic mass is 35.5. The van der Waals surface area contributed by atoms with Gasteiger partial charge in [0, 0.05) is 7.05 Å². The number of ether oxygens (including phenoxy) is 1. The number of carbonyl (C=O) groups is 1. The van der Waals surface area contributed by atoms with Gasteiger partial charge in [-0.15, -0.1) is 5.10 Å². The average Bonchev–Trinajstić information content (AvgIpc) is 2.81. The molecule has 21 heavy (non-hydrogen) atoms. The number of tetrazole rings is 1. The molecule has 0 saturated carbocycles. The first kappa shape index (κ1) is 15.2. The van der Waals surface area contributed by atoms with Crippen LogP contribution in [0, 0.1) is 0 Å². The lowest BCUT2D eigenvalue weighted by atomic mass is 10.2. The van der Waals surface area contributed by atoms with Gasteiger partial charge in [-0.2, -0.15) is 0 Å². The van der Waals surface area contributed by atoms with E-state index in [9.17, 15) is 4.79 Å². The lowest BCUT2D eigenvalue weighted by molar-refractivity contribution is 0.0949. The summed E-state index contributed by atoms with van der Waals surface area (Å²) in [7, 11) is 1.70. The lowest BCUT2D eigenvalue weighted by Gasteiger charge is -2.11. The van der Waals surface area contributed by atoms with E-state index in [1.165, 1.54) is 4.68 Å². The van der Waals surface area contributed by atoms with Gasteiger partial charge < -0.3 is 10.1 Å². The Hall–Kier alpha value is -2.15. The highest BCUT2D eigenvalue weighted by Gasteiger charge is 2.13. The quantitative estimate of drug-likeness (QED) is 0.907. The van der Waals surface area contributed by atoms with E-state index < -0.39 is 0 Å². The van der Waals surface area contributed by atoms with Crippen molar-refractivity contribution in [3.05, 3.63) is 34.6 Å². The molecule has 0 spiro atoms. The molecule has 2 aromatic rings. The van der Waals surface area contributed by atoms with Crippen LogP contribution in [0.2, 0.25) is 5.02 Å². The Bertz CT molecular complexity index is 641. The molecule has 112 valence electrons. The van der Waals surface area contributed by atoms with Crippen LogP contribution in [0.5, 0.6) is 5.75 Å². The number of aryl methyl sites for hydroxylation is 1. The topological polar surface area (TPSA) is 81.9 Å². The molecule has 8 heteroatoms. The minimum absolute atomic E-state index is 0.0455. The average molecular weight is 310 g/mol. The van der Waals surface area contributed by atoms with Gasteiger partial charge in [-0.25, -0.2) is 4.68 Å². The maximum Gasteiger partial charge on any atom is 0.253 e. The molecule has 0 aliphatic heterocycles. The summed E-state index contributed by atoms with van der Waals surface area (Å²) >= 11 is 6.11. The molecule has 0 radical (unpaired) electrons. The van der Waals surface area contributed by atoms with Crippen molar-refractivity contribution in [2.24, 2.45) is 7.05 Å². The number of aromatic nitrogens is 4. The number of nitrogens with one attached hydrogen (secondary N) is 1. The number of benzene rings is 1. The monoisotopic (exact) mass is 309 g/mol. The zero-order valence-corrected chi connectivity index (χ0v) is 12.8. The third kappa shape index (κ3) is 3.91. The van der Waals surface area contributed by atoms with Crippen LogP contribution in [0.15, 0.2) is 18.2 Å². The first-order valence-corrected chi connectivity index (χ1v) is 6.81. The van der Waals surface area contributed by atoms with Crippen molar-refractivity contribution in [3.63, 3.8) is 0 Å². The normalized spacial score (nSPS) is 10.7. The summed E-state index contributed by atoms with van der Waals surface area (Å²) < 4.78 is 7.01. The van der Waals surface area contributed by atoms with E-state index in [0.29, 0.717) is 22.2 Å². The zero-order chi connectivity index (χ0) is 15.4. The molecule has 2 rings (SSSR count). The molecule has 0 saturated heterocycles. The molecular formula is C13H16ClN5O2. The number of hydrogen-bond donors (Lipinski definition) is 1. The van der Waals surface area contributed by atoms with Crippen molar-refractivity contribution in [3.8, 4) is 5.75 Å². The Morgan fingerprint density at radius 3 is 2.81 bits per heavy atom. The number of carbonyl (C=O) groups excluding carboxylic acids is 1. The van der Waals surface area contributed by atoms with E-state index in [2.05, 4.69) is 20.8 Å². The molecule has 1 heterocycles. The Balaban J connectivity index is 2.04. The molecule has 0 aliphatic carbocycles. The molecule has 1 N–H and O–H groups in total. The number of rotatable bonds is 5. The summed E-state index contributed by atoms with van der Waals surface area (Å²) in [5.41, 5.74) is 0.378. The lowest BCUT2D eigenvalue weighted by Crippen LogP contribution is -2.24. The molecule has 0 bridgehead atoms. The molecule has 1 aromatic heterocycles. The van der Waals surface area contributed by atoms with Crippen LogP contribution in [0.3, 0.4) is 0 Å². The minimum Gasteiger partial charge on any atom is -0.491 e. The summed E-state index contributed by atoms with van der Waals surface area (Å²) in [6, 6.07) is 4.97. The molecule has 0 unspecified atom stereocenters. The van der Waals surface area contributed by atoms with Gasteiger partial charge in [0.15, 0.2) is 5.82 Å². The predicted octanol–water partition coefficient (Wildman–Crippen LogP) is 1.58. The van der Waals surface area contributed by atoms with Crippen molar-refractivity contribution < 1.29 is 9.53 Å². The SMILES string of the molecule is CC(C)Oc1ccc(C(=O)NCc2nnnn2C)c(Cl)c1. The van der Waals surface area contributed by atoms with Gasteiger partial charge in [-0.3, -0.25) is 4.79 Å². The van der Waals surface area contributed by atoms with Gasteiger partial charge in [0.05, 0.1) is 23.2 Å². The fourth-order valence-corrected chi connectivity index (χ4v) is 1.93. The van der Waals surface area contributed by atoms with E-state index in [1.807, 2.05) is 13.8 Å². The maximum atomic E-state index is 12.1. The first-order valence-electron chi connectivity index (χ1n) is 6.43. The Morgan fingerprint density at radius 2 is 2.24 bits per heavy atom. The Kier molecular flexibility index (Phi) is 4.74. The van der Waals surface area contributed by atoms with Gasteiger partial charge in [0.1, 0.15) is 5.75 Å². The van der Waals surface area contributed by atoms with E-state index in [1.54, 1.807) is 25.2 Å². The van der Waals surface area contributed by atoms with Gasteiger partial charge >= 0.3 is 0 Å². The first-order chi connectivity index (χ1) is 9.97. The second kappa shape index (κ2) is 6.53. The molecule has 0 atom stereocenters. The number of halogens is 1. The van der Waals surface area contributed by atoms with Crippen LogP contribution in [0.4, 0.5) is 0 Å². The third-order valence-corrected chi connectivity index (χ3v) is 2.98. The summed E-state index contributed by atoms with van der Waals surface area (Å²) in [6.07, 6.45) is 0.0455. The summed E-state index contributed by atoms with van der Waals surface area (Å²) in [5, 5.41) is 14.0. The highest BCUT2D eigenvalue weighted by molar-refractivity contribution is 6.34. The van der Waals surface area contributed by atoms with Crippen molar-refractivity contribution >= 4 is 17.5 Å². The van der Waals surface area contributed by atoms with Gasteiger partial charge in [0.25, 0.3) is 5.91 Å². The van der Waals surface area contributed by atoms with Gasteiger partial charge in [0.2, 0.25) is 0 Å². The van der Waals surface area contributed by atoms with E-state index in [4.69, 9.17) is 16.3 Å². The number of hydrogen-bond acceptors (Lipinski definition) is 5. The van der Waals surface area contributed by atoms with Gasteiger partial charge in [-0.05, 0) is 42.5 Å². The third-order valence-electron chi connectivity index (χ3n) is 2.67. The van der Waals surface area contributed by atoms with Gasteiger partial charge in [-0.1, -0.05) is 11.6 Å². The summed E-state index contributed by atoms with van der Waals surface area (Å²) in [4.78, 5) is 12.1. The van der Waals surface area contributed by atoms with E-state index >= 15 is 0 Å². The Labute approximate surface area is 127 Å². The molecule has 1 amide bonds. The maximum absolute atomic E-state index is 12.1. The van der Waals surface area contributed by atoms with Crippen LogP contribution in [0.1, 0.15) is 30.0 Å². The van der Waals surface area contributed by atoms with Crippen molar-refractivity contribution in [1.82, 2.24) is 25.5 Å². The Morgan fingerprint density at radius 1 is 1.48 bits per heavy atom. The number of amides is 1. The van der Waals surface area contributed by atoms with Crippen LogP contribution >= 0.6 is 11.6 Å². The largest absolute Gasteiger partial charge is 0.491 e. The van der Waals surface area contributed by atoms with Crippen LogP contribution < -0.4 is 10.1 Å². The minimum atomic E-state index is -0.293. The molecule has 0 fully saturated rings. The van der Waals surface area contributed by atoms with Crippen LogP contribution in [-0.2, 0) is 13.6 Å². The highest BCUT2D eigenvalue weighted by Crippen LogP contribution is 2.23. The summed E-state index contributed by atoms with van der Waals surface area (Å²) in [5.74, 6) is 0.891. The fraction of sp³-hybridized carbons (Fsp3) is 0.385. The van der Waals surface area contributed by atoms with E-state index in [0.717, 1.165) is 0 Å². The second-order valence-corrected chi connectivity index (χ2v) is 5.12. The molecule has 7 nitrogen and oxygen atoms in total. The van der Waals surface area contributed by atoms with Crippen LogP contribution in [0.25, 0.3) is 0 Å². The van der Waals surface area contributed by atoms with E-state index in [-0.39, 0.29) is 18.6 Å². The second-order valence-electron chi connectivity index (χ2n) is 4.71. The van der Waals surface area contributed by atoms with Crippen LogP contribution in [-0.4, -0.2) is 32.2 Å². The molecular weight excluding hydrogens is 294 g/mol. The van der Waals surface area contributed by atoms with Crippen molar-refractivity contribution in [2.75, 3.05) is 0 Å². The predicted molar refractivity (Wildman–Crippen MR) is 77.2 cm³/mol. The summed E-state index contributed by atoms with van der Waals surface area (Å²) in [6.45, 7) is 4.07.